The number of nitrogens with one attached hydrogen (secondary N) is 2. The number of thiocarbonyl (C=S) groups is 1. The van der Waals surface area contributed by atoms with E-state index in [1.807, 2.05) is 47.4 Å². The van der Waals surface area contributed by atoms with Gasteiger partial charge in [-0.05, 0) is 54.2 Å². The molecule has 0 spiro atoms. The second-order valence-electron chi connectivity index (χ2n) is 7.74. The molecule has 0 radical (unpaired) electrons. The monoisotopic (exact) mass is 437 g/mol. The molecule has 1 fully saturated rings. The minimum atomic E-state index is -0.124. The lowest BCUT2D eigenvalue weighted by molar-refractivity contribution is 0.113. The largest absolute Gasteiger partial charge is 0.497 e. The standard InChI is InChI=1S/C24H27N3O3S/c1-29-20-10-9-18-12-19(23(28)26-22(18)13-20)16-27(15-17-6-3-2-4-7-17)24(31)25-14-21-8-5-11-30-21/h2-4,6-7,9-10,12-13,21H,5,8,11,14-16H2,1H3,(H,25,31)(H,26,28). The molecule has 3 aromatic rings. The third-order valence-electron chi connectivity index (χ3n) is 5.50. The number of methoxy groups -OCH3 is 1. The first kappa shape index (κ1) is 21.3. The minimum Gasteiger partial charge on any atom is -0.497 e. The van der Waals surface area contributed by atoms with Crippen molar-refractivity contribution in [3.8, 4) is 5.75 Å². The molecule has 4 rings (SSSR count). The maximum atomic E-state index is 12.8. The van der Waals surface area contributed by atoms with Crippen LogP contribution < -0.4 is 15.6 Å². The average Bonchev–Trinajstić information content (AvgIpc) is 3.31. The van der Waals surface area contributed by atoms with Crippen LogP contribution >= 0.6 is 12.2 Å². The van der Waals surface area contributed by atoms with Crippen LogP contribution in [0.5, 0.6) is 5.75 Å². The van der Waals surface area contributed by atoms with Gasteiger partial charge in [0.05, 0.1) is 25.3 Å². The molecule has 2 heterocycles. The van der Waals surface area contributed by atoms with Gasteiger partial charge in [0, 0.05) is 31.3 Å². The van der Waals surface area contributed by atoms with Crippen molar-refractivity contribution in [3.63, 3.8) is 0 Å². The van der Waals surface area contributed by atoms with Crippen molar-refractivity contribution in [1.82, 2.24) is 15.2 Å². The predicted octanol–water partition coefficient (Wildman–Crippen LogP) is 3.59. The van der Waals surface area contributed by atoms with Gasteiger partial charge in [0.15, 0.2) is 5.11 Å². The number of H-pyrrole nitrogens is 1. The molecule has 1 aliphatic heterocycles. The van der Waals surface area contributed by atoms with Gasteiger partial charge in [-0.1, -0.05) is 30.3 Å². The number of fused-ring (bicyclic) bond motifs is 1. The number of rotatable bonds is 7. The fourth-order valence-corrected chi connectivity index (χ4v) is 4.01. The zero-order chi connectivity index (χ0) is 21.6. The maximum Gasteiger partial charge on any atom is 0.253 e. The molecule has 1 unspecified atom stereocenters. The average molecular weight is 438 g/mol. The zero-order valence-corrected chi connectivity index (χ0v) is 18.4. The Morgan fingerprint density at radius 1 is 1.23 bits per heavy atom. The predicted molar refractivity (Wildman–Crippen MR) is 126 cm³/mol. The molecule has 1 aliphatic rings. The lowest BCUT2D eigenvalue weighted by atomic mass is 10.1. The molecular formula is C24H27N3O3S. The van der Waals surface area contributed by atoms with Crippen molar-refractivity contribution >= 4 is 28.2 Å². The van der Waals surface area contributed by atoms with E-state index in [1.165, 1.54) is 0 Å². The van der Waals surface area contributed by atoms with E-state index < -0.39 is 0 Å². The van der Waals surface area contributed by atoms with Crippen LogP contribution in [0.15, 0.2) is 59.4 Å². The van der Waals surface area contributed by atoms with Crippen molar-refractivity contribution in [2.45, 2.75) is 32.0 Å². The topological polar surface area (TPSA) is 66.6 Å². The summed E-state index contributed by atoms with van der Waals surface area (Å²) in [6.45, 7) is 2.50. The van der Waals surface area contributed by atoms with Crippen LogP contribution in [-0.2, 0) is 17.8 Å². The molecule has 0 saturated carbocycles. The Hall–Kier alpha value is -2.90. The Morgan fingerprint density at radius 2 is 2.06 bits per heavy atom. The summed E-state index contributed by atoms with van der Waals surface area (Å²) in [4.78, 5) is 17.8. The second-order valence-corrected chi connectivity index (χ2v) is 8.13. The van der Waals surface area contributed by atoms with Crippen LogP contribution in [0.4, 0.5) is 0 Å². The number of nitrogens with zero attached hydrogens (tertiary/aromatic N) is 1. The summed E-state index contributed by atoms with van der Waals surface area (Å²) in [5.74, 6) is 0.709. The van der Waals surface area contributed by atoms with Crippen molar-refractivity contribution in [3.05, 3.63) is 76.1 Å². The number of benzene rings is 2. The van der Waals surface area contributed by atoms with E-state index >= 15 is 0 Å². The Bertz CT molecular complexity index is 1090. The van der Waals surface area contributed by atoms with Gasteiger partial charge in [-0.25, -0.2) is 0 Å². The number of aromatic amines is 1. The summed E-state index contributed by atoms with van der Waals surface area (Å²) in [6.07, 6.45) is 2.32. The van der Waals surface area contributed by atoms with Crippen LogP contribution in [-0.4, -0.2) is 41.4 Å². The SMILES string of the molecule is COc1ccc2cc(CN(Cc3ccccc3)C(=S)NCC3CCCO3)c(=O)[nH]c2c1. The van der Waals surface area contributed by atoms with Gasteiger partial charge in [0.2, 0.25) is 0 Å². The molecule has 2 N–H and O–H groups in total. The van der Waals surface area contributed by atoms with E-state index in [0.717, 1.165) is 35.9 Å². The summed E-state index contributed by atoms with van der Waals surface area (Å²) in [5, 5.41) is 4.91. The van der Waals surface area contributed by atoms with Gasteiger partial charge in [0.1, 0.15) is 5.75 Å². The molecule has 7 heteroatoms. The second kappa shape index (κ2) is 9.94. The van der Waals surface area contributed by atoms with E-state index in [2.05, 4.69) is 22.4 Å². The molecule has 1 aromatic heterocycles. The van der Waals surface area contributed by atoms with Crippen molar-refractivity contribution < 1.29 is 9.47 Å². The van der Waals surface area contributed by atoms with Crippen LogP contribution in [0.3, 0.4) is 0 Å². The molecule has 0 aliphatic carbocycles. The summed E-state index contributed by atoms with van der Waals surface area (Å²) >= 11 is 5.71. The number of hydrogen-bond donors (Lipinski definition) is 2. The van der Waals surface area contributed by atoms with Crippen LogP contribution in [0.1, 0.15) is 24.0 Å². The first-order valence-electron chi connectivity index (χ1n) is 10.5. The van der Waals surface area contributed by atoms with Crippen molar-refractivity contribution in [2.24, 2.45) is 0 Å². The van der Waals surface area contributed by atoms with Crippen molar-refractivity contribution in [2.75, 3.05) is 20.3 Å². The molecule has 2 aromatic carbocycles. The first-order chi connectivity index (χ1) is 15.1. The molecule has 1 atom stereocenters. The summed E-state index contributed by atoms with van der Waals surface area (Å²) < 4.78 is 11.0. The highest BCUT2D eigenvalue weighted by Gasteiger charge is 2.18. The maximum absolute atomic E-state index is 12.8. The van der Waals surface area contributed by atoms with E-state index in [0.29, 0.717) is 36.1 Å². The van der Waals surface area contributed by atoms with Gasteiger partial charge >= 0.3 is 0 Å². The molecule has 31 heavy (non-hydrogen) atoms. The molecule has 1 saturated heterocycles. The Balaban J connectivity index is 1.56. The number of pyridine rings is 1. The third kappa shape index (κ3) is 5.42. The molecular weight excluding hydrogens is 410 g/mol. The Morgan fingerprint density at radius 3 is 2.81 bits per heavy atom. The van der Waals surface area contributed by atoms with Gasteiger partial charge in [-0.2, -0.15) is 0 Å². The lowest BCUT2D eigenvalue weighted by Crippen LogP contribution is -2.42. The van der Waals surface area contributed by atoms with E-state index in [4.69, 9.17) is 21.7 Å². The first-order valence-corrected chi connectivity index (χ1v) is 10.9. The Labute approximate surface area is 187 Å². The molecule has 6 nitrogen and oxygen atoms in total. The van der Waals surface area contributed by atoms with Crippen LogP contribution in [0.25, 0.3) is 10.9 Å². The van der Waals surface area contributed by atoms with Gasteiger partial charge < -0.3 is 24.7 Å². The van der Waals surface area contributed by atoms with E-state index in [9.17, 15) is 4.79 Å². The smallest absolute Gasteiger partial charge is 0.253 e. The van der Waals surface area contributed by atoms with E-state index in [-0.39, 0.29) is 11.7 Å². The minimum absolute atomic E-state index is 0.124. The zero-order valence-electron chi connectivity index (χ0n) is 17.6. The lowest BCUT2D eigenvalue weighted by Gasteiger charge is -2.27. The molecule has 0 bridgehead atoms. The highest BCUT2D eigenvalue weighted by atomic mass is 32.1. The number of hydrogen-bond acceptors (Lipinski definition) is 4. The Kier molecular flexibility index (Phi) is 6.84. The summed E-state index contributed by atoms with van der Waals surface area (Å²) in [5.41, 5.74) is 2.42. The van der Waals surface area contributed by atoms with Gasteiger partial charge in [0.25, 0.3) is 5.56 Å². The normalized spacial score (nSPS) is 15.7. The number of aromatic nitrogens is 1. The summed E-state index contributed by atoms with van der Waals surface area (Å²) in [6, 6.07) is 17.7. The number of ether oxygens (including phenoxy) is 2. The highest BCUT2D eigenvalue weighted by Crippen LogP contribution is 2.19. The fourth-order valence-electron chi connectivity index (χ4n) is 3.80. The van der Waals surface area contributed by atoms with Gasteiger partial charge in [-0.15, -0.1) is 0 Å². The molecule has 0 amide bonds. The molecule has 162 valence electrons. The van der Waals surface area contributed by atoms with Crippen LogP contribution in [0.2, 0.25) is 0 Å². The van der Waals surface area contributed by atoms with Gasteiger partial charge in [-0.3, -0.25) is 4.79 Å². The highest BCUT2D eigenvalue weighted by molar-refractivity contribution is 7.80. The van der Waals surface area contributed by atoms with E-state index in [1.54, 1.807) is 7.11 Å². The fraction of sp³-hybridized carbons (Fsp3) is 0.333. The third-order valence-corrected chi connectivity index (χ3v) is 5.90. The van der Waals surface area contributed by atoms with Crippen molar-refractivity contribution in [1.29, 1.82) is 0 Å². The summed E-state index contributed by atoms with van der Waals surface area (Å²) in [7, 11) is 1.61. The van der Waals surface area contributed by atoms with Crippen LogP contribution in [0, 0.1) is 0 Å². The quantitative estimate of drug-likeness (QED) is 0.551.